The molecule has 2 rings (SSSR count). The number of hydrogen-bond acceptors (Lipinski definition) is 3. The lowest BCUT2D eigenvalue weighted by Gasteiger charge is -2.38. The van der Waals surface area contributed by atoms with E-state index in [1.807, 2.05) is 6.92 Å². The number of sulfonamides is 1. The molecule has 0 atom stereocenters. The molecule has 2 N–H and O–H groups in total. The first kappa shape index (κ1) is 13.5. The zero-order valence-electron chi connectivity index (χ0n) is 10.5. The number of hydrogen-bond donors (Lipinski definition) is 2. The minimum atomic E-state index is -3.31. The molecule has 1 saturated carbocycles. The maximum atomic E-state index is 12.0. The Morgan fingerprint density at radius 1 is 1.33 bits per heavy atom. The van der Waals surface area contributed by atoms with Gasteiger partial charge in [-0.15, -0.1) is 0 Å². The van der Waals surface area contributed by atoms with Crippen molar-refractivity contribution in [1.29, 1.82) is 0 Å². The van der Waals surface area contributed by atoms with Crippen molar-refractivity contribution in [1.82, 2.24) is 4.72 Å². The summed E-state index contributed by atoms with van der Waals surface area (Å²) in [5.74, 6) is -0.0313. The maximum Gasteiger partial charge on any atom is 0.216 e. The van der Waals surface area contributed by atoms with E-state index in [0.717, 1.165) is 24.8 Å². The summed E-state index contributed by atoms with van der Waals surface area (Å²) in [6, 6.07) is 7.03. The summed E-state index contributed by atoms with van der Waals surface area (Å²) in [6.45, 7) is 1.87. The summed E-state index contributed by atoms with van der Waals surface area (Å²) < 4.78 is 26.8. The summed E-state index contributed by atoms with van der Waals surface area (Å²) in [4.78, 5) is 0. The molecular weight excluding hydrogens is 250 g/mol. The second kappa shape index (κ2) is 4.99. The molecule has 0 aromatic heterocycles. The van der Waals surface area contributed by atoms with Gasteiger partial charge in [0.25, 0.3) is 0 Å². The average molecular weight is 269 g/mol. The first-order valence-electron chi connectivity index (χ1n) is 6.13. The highest BCUT2D eigenvalue weighted by Gasteiger charge is 2.35. The third-order valence-corrected chi connectivity index (χ3v) is 4.91. The number of aliphatic hydroxyl groups excluding tert-OH is 1. The van der Waals surface area contributed by atoms with E-state index in [4.69, 9.17) is 5.11 Å². The Bertz CT molecular complexity index is 521. The van der Waals surface area contributed by atoms with Gasteiger partial charge in [-0.25, -0.2) is 13.1 Å². The van der Waals surface area contributed by atoms with Gasteiger partial charge in [-0.2, -0.15) is 0 Å². The molecule has 1 aromatic carbocycles. The van der Waals surface area contributed by atoms with E-state index in [1.165, 1.54) is 0 Å². The van der Waals surface area contributed by atoms with Crippen molar-refractivity contribution in [3.05, 3.63) is 35.4 Å². The molecule has 0 heterocycles. The minimum absolute atomic E-state index is 0.0313. The van der Waals surface area contributed by atoms with Crippen LogP contribution in [0.2, 0.25) is 0 Å². The van der Waals surface area contributed by atoms with Crippen LogP contribution in [0.3, 0.4) is 0 Å². The lowest BCUT2D eigenvalue weighted by molar-refractivity contribution is 0.248. The van der Waals surface area contributed by atoms with Gasteiger partial charge in [0, 0.05) is 5.54 Å². The Balaban J connectivity index is 2.07. The van der Waals surface area contributed by atoms with Crippen LogP contribution in [-0.2, 0) is 22.4 Å². The SMILES string of the molecule is CC1(NS(=O)(=O)Cc2cccc(CO)c2)CCC1. The summed E-state index contributed by atoms with van der Waals surface area (Å²) in [7, 11) is -3.31. The summed E-state index contributed by atoms with van der Waals surface area (Å²) >= 11 is 0. The van der Waals surface area contributed by atoms with Crippen LogP contribution < -0.4 is 4.72 Å². The largest absolute Gasteiger partial charge is 0.392 e. The Morgan fingerprint density at radius 2 is 2.00 bits per heavy atom. The van der Waals surface area contributed by atoms with Crippen molar-refractivity contribution in [3.8, 4) is 0 Å². The van der Waals surface area contributed by atoms with Crippen LogP contribution >= 0.6 is 0 Å². The molecule has 4 nitrogen and oxygen atoms in total. The first-order valence-corrected chi connectivity index (χ1v) is 7.78. The predicted octanol–water partition coefficient (Wildman–Crippen LogP) is 1.54. The first-order chi connectivity index (χ1) is 8.42. The van der Waals surface area contributed by atoms with Gasteiger partial charge in [0.1, 0.15) is 0 Å². The predicted molar refractivity (Wildman–Crippen MR) is 70.4 cm³/mol. The molecule has 1 aliphatic carbocycles. The number of benzene rings is 1. The molecule has 1 aliphatic rings. The Kier molecular flexibility index (Phi) is 3.75. The van der Waals surface area contributed by atoms with Gasteiger partial charge in [0.15, 0.2) is 0 Å². The highest BCUT2D eigenvalue weighted by molar-refractivity contribution is 7.88. The lowest BCUT2D eigenvalue weighted by Crippen LogP contribution is -2.51. The molecule has 0 radical (unpaired) electrons. The third kappa shape index (κ3) is 3.31. The second-order valence-electron chi connectivity index (χ2n) is 5.25. The van der Waals surface area contributed by atoms with Crippen molar-refractivity contribution < 1.29 is 13.5 Å². The molecule has 5 heteroatoms. The van der Waals surface area contributed by atoms with E-state index in [-0.39, 0.29) is 17.9 Å². The standard InChI is InChI=1S/C13H19NO3S/c1-13(6-3-7-13)14-18(16,17)10-12-5-2-4-11(8-12)9-15/h2,4-5,8,14-15H,3,6-7,9-10H2,1H3. The number of rotatable bonds is 5. The smallest absolute Gasteiger partial charge is 0.216 e. The van der Waals surface area contributed by atoms with Gasteiger partial charge in [-0.3, -0.25) is 0 Å². The second-order valence-corrected chi connectivity index (χ2v) is 6.98. The van der Waals surface area contributed by atoms with E-state index < -0.39 is 10.0 Å². The van der Waals surface area contributed by atoms with E-state index in [1.54, 1.807) is 24.3 Å². The van der Waals surface area contributed by atoms with E-state index in [9.17, 15) is 8.42 Å². The average Bonchev–Trinajstić information content (AvgIpc) is 2.26. The monoisotopic (exact) mass is 269 g/mol. The minimum Gasteiger partial charge on any atom is -0.392 e. The van der Waals surface area contributed by atoms with Crippen LogP contribution in [0.5, 0.6) is 0 Å². The fourth-order valence-corrected chi connectivity index (χ4v) is 3.90. The number of nitrogens with one attached hydrogen (secondary N) is 1. The Labute approximate surface area is 108 Å². The van der Waals surface area contributed by atoms with Crippen molar-refractivity contribution in [2.24, 2.45) is 0 Å². The zero-order valence-corrected chi connectivity index (χ0v) is 11.3. The maximum absolute atomic E-state index is 12.0. The summed E-state index contributed by atoms with van der Waals surface area (Å²) in [5, 5.41) is 9.03. The van der Waals surface area contributed by atoms with Crippen molar-refractivity contribution in [2.75, 3.05) is 0 Å². The van der Waals surface area contributed by atoms with Gasteiger partial charge >= 0.3 is 0 Å². The van der Waals surface area contributed by atoms with Gasteiger partial charge in [-0.05, 0) is 37.3 Å². The zero-order chi connectivity index (χ0) is 13.2. The molecule has 18 heavy (non-hydrogen) atoms. The molecule has 0 saturated heterocycles. The normalized spacial score (nSPS) is 18.3. The third-order valence-electron chi connectivity index (χ3n) is 3.39. The summed E-state index contributed by atoms with van der Waals surface area (Å²) in [6.07, 6.45) is 2.89. The van der Waals surface area contributed by atoms with Gasteiger partial charge in [-0.1, -0.05) is 24.3 Å². The van der Waals surface area contributed by atoms with Crippen molar-refractivity contribution in [2.45, 2.75) is 44.1 Å². The van der Waals surface area contributed by atoms with Crippen LogP contribution in [0.4, 0.5) is 0 Å². The molecule has 100 valence electrons. The topological polar surface area (TPSA) is 66.4 Å². The molecule has 1 aromatic rings. The Morgan fingerprint density at radius 3 is 2.56 bits per heavy atom. The highest BCUT2D eigenvalue weighted by Crippen LogP contribution is 2.32. The molecule has 1 fully saturated rings. The molecule has 0 spiro atoms. The van der Waals surface area contributed by atoms with Crippen LogP contribution in [0.1, 0.15) is 37.3 Å². The molecule has 0 unspecified atom stereocenters. The van der Waals surface area contributed by atoms with E-state index in [2.05, 4.69) is 4.72 Å². The van der Waals surface area contributed by atoms with Gasteiger partial charge in [0.05, 0.1) is 12.4 Å². The van der Waals surface area contributed by atoms with Crippen LogP contribution in [0.15, 0.2) is 24.3 Å². The van der Waals surface area contributed by atoms with Crippen molar-refractivity contribution >= 4 is 10.0 Å². The van der Waals surface area contributed by atoms with E-state index in [0.29, 0.717) is 5.56 Å². The lowest BCUT2D eigenvalue weighted by atomic mass is 9.80. The number of aliphatic hydroxyl groups is 1. The van der Waals surface area contributed by atoms with Gasteiger partial charge < -0.3 is 5.11 Å². The summed E-state index contributed by atoms with van der Waals surface area (Å²) in [5.41, 5.74) is 1.18. The molecular formula is C13H19NO3S. The van der Waals surface area contributed by atoms with E-state index >= 15 is 0 Å². The molecule has 0 amide bonds. The fourth-order valence-electron chi connectivity index (χ4n) is 2.26. The van der Waals surface area contributed by atoms with Crippen LogP contribution in [-0.4, -0.2) is 19.1 Å². The quantitative estimate of drug-likeness (QED) is 0.852. The van der Waals surface area contributed by atoms with Crippen LogP contribution in [0, 0.1) is 0 Å². The fraction of sp³-hybridized carbons (Fsp3) is 0.538. The van der Waals surface area contributed by atoms with Gasteiger partial charge in [0.2, 0.25) is 10.0 Å². The van der Waals surface area contributed by atoms with Crippen LogP contribution in [0.25, 0.3) is 0 Å². The highest BCUT2D eigenvalue weighted by atomic mass is 32.2. The molecule has 0 aliphatic heterocycles. The molecule has 0 bridgehead atoms. The Hall–Kier alpha value is -0.910. The van der Waals surface area contributed by atoms with Crippen molar-refractivity contribution in [3.63, 3.8) is 0 Å².